The maximum Gasteiger partial charge on any atom is 0.434 e. The van der Waals surface area contributed by atoms with Crippen molar-refractivity contribution < 1.29 is 13.2 Å². The molecule has 24 heavy (non-hydrogen) atoms. The van der Waals surface area contributed by atoms with Crippen molar-refractivity contribution in [2.45, 2.75) is 24.9 Å². The summed E-state index contributed by atoms with van der Waals surface area (Å²) in [5, 5.41) is 9.21. The Morgan fingerprint density at radius 2 is 2.17 bits per heavy atom. The van der Waals surface area contributed by atoms with Crippen molar-refractivity contribution in [3.05, 3.63) is 28.6 Å². The molecular formula is C14H13F3N6S. The molecule has 3 aromatic rings. The summed E-state index contributed by atoms with van der Waals surface area (Å²) in [6, 6.07) is 0. The van der Waals surface area contributed by atoms with E-state index >= 15 is 0 Å². The van der Waals surface area contributed by atoms with Crippen LogP contribution in [0.15, 0.2) is 17.9 Å². The van der Waals surface area contributed by atoms with Crippen LogP contribution < -0.4 is 4.90 Å². The topological polar surface area (TPSA) is 70.6 Å². The van der Waals surface area contributed by atoms with Gasteiger partial charge in [0, 0.05) is 24.4 Å². The van der Waals surface area contributed by atoms with Crippen LogP contribution in [0.2, 0.25) is 0 Å². The Bertz CT molecular complexity index is 857. The van der Waals surface area contributed by atoms with Gasteiger partial charge in [0.1, 0.15) is 12.1 Å². The van der Waals surface area contributed by atoms with E-state index in [1.54, 1.807) is 6.20 Å². The molecule has 1 unspecified atom stereocenters. The fraction of sp³-hybridized carbons (Fsp3) is 0.429. The molecule has 126 valence electrons. The zero-order valence-corrected chi connectivity index (χ0v) is 13.2. The van der Waals surface area contributed by atoms with Gasteiger partial charge in [0.2, 0.25) is 0 Å². The van der Waals surface area contributed by atoms with Crippen LogP contribution in [0, 0.1) is 0 Å². The summed E-state index contributed by atoms with van der Waals surface area (Å²) in [7, 11) is 0. The predicted octanol–water partition coefficient (Wildman–Crippen LogP) is 3.21. The van der Waals surface area contributed by atoms with Crippen LogP contribution in [0.1, 0.15) is 29.5 Å². The molecule has 0 saturated carbocycles. The van der Waals surface area contributed by atoms with Crippen molar-refractivity contribution in [1.82, 2.24) is 25.1 Å². The smallest absolute Gasteiger partial charge is 0.355 e. The van der Waals surface area contributed by atoms with Gasteiger partial charge in [-0.05, 0) is 12.8 Å². The zero-order chi connectivity index (χ0) is 16.7. The number of aromatic nitrogens is 5. The number of H-pyrrole nitrogens is 1. The maximum atomic E-state index is 12.8. The lowest BCUT2D eigenvalue weighted by Crippen LogP contribution is -2.35. The number of hydrogen-bond acceptors (Lipinski definition) is 6. The number of nitrogens with one attached hydrogen (secondary N) is 1. The Kier molecular flexibility index (Phi) is 3.63. The zero-order valence-electron chi connectivity index (χ0n) is 12.4. The largest absolute Gasteiger partial charge is 0.434 e. The molecule has 0 amide bonds. The molecule has 0 spiro atoms. The van der Waals surface area contributed by atoms with E-state index in [-0.39, 0.29) is 5.92 Å². The van der Waals surface area contributed by atoms with E-state index in [0.29, 0.717) is 17.2 Å². The molecule has 10 heteroatoms. The van der Waals surface area contributed by atoms with E-state index in [4.69, 9.17) is 0 Å². The van der Waals surface area contributed by atoms with Gasteiger partial charge in [-0.3, -0.25) is 5.10 Å². The molecule has 1 fully saturated rings. The maximum absolute atomic E-state index is 12.8. The lowest BCUT2D eigenvalue weighted by Gasteiger charge is -2.32. The molecule has 4 rings (SSSR count). The van der Waals surface area contributed by atoms with Gasteiger partial charge in [-0.15, -0.1) is 11.3 Å². The average Bonchev–Trinajstić information content (AvgIpc) is 3.23. The van der Waals surface area contributed by atoms with Crippen LogP contribution >= 0.6 is 11.3 Å². The molecule has 1 aliphatic heterocycles. The fourth-order valence-corrected chi connectivity index (χ4v) is 3.94. The number of piperidine rings is 1. The highest BCUT2D eigenvalue weighted by Gasteiger charge is 2.35. The van der Waals surface area contributed by atoms with Gasteiger partial charge in [0.05, 0.1) is 16.6 Å². The highest BCUT2D eigenvalue weighted by Crippen LogP contribution is 2.36. The van der Waals surface area contributed by atoms with Crippen LogP contribution in [0.4, 0.5) is 19.0 Å². The summed E-state index contributed by atoms with van der Waals surface area (Å²) in [5.41, 5.74) is -0.158. The second-order valence-corrected chi connectivity index (χ2v) is 6.57. The Morgan fingerprint density at radius 1 is 1.29 bits per heavy atom. The number of anilines is 1. The third-order valence-electron chi connectivity index (χ3n) is 4.11. The van der Waals surface area contributed by atoms with Crippen LogP contribution in [0.5, 0.6) is 0 Å². The lowest BCUT2D eigenvalue weighted by atomic mass is 9.98. The third kappa shape index (κ3) is 2.70. The van der Waals surface area contributed by atoms with E-state index in [2.05, 4.69) is 30.0 Å². The number of rotatable bonds is 2. The third-order valence-corrected chi connectivity index (χ3v) is 5.12. The number of halogens is 3. The van der Waals surface area contributed by atoms with E-state index in [1.807, 2.05) is 0 Å². The molecule has 0 aromatic carbocycles. The molecule has 3 aromatic heterocycles. The summed E-state index contributed by atoms with van der Waals surface area (Å²) in [6.45, 7) is 1.38. The molecule has 1 N–H and O–H groups in total. The SMILES string of the molecule is FC(F)(F)c1csc(C2CCCN(c3ncnc4[nH]ncc34)C2)n1. The second-order valence-electron chi connectivity index (χ2n) is 5.68. The highest BCUT2D eigenvalue weighted by molar-refractivity contribution is 7.09. The number of aromatic amines is 1. The first-order chi connectivity index (χ1) is 11.5. The van der Waals surface area contributed by atoms with Gasteiger partial charge in [0.15, 0.2) is 11.3 Å². The standard InChI is InChI=1S/C14H13F3N6S/c15-14(16,17)10-6-24-13(21-10)8-2-1-3-23(5-8)12-9-4-20-22-11(9)18-7-19-12/h4,6-8H,1-3,5H2,(H,18,19,20,22). The van der Waals surface area contributed by atoms with E-state index < -0.39 is 11.9 Å². The molecule has 1 saturated heterocycles. The highest BCUT2D eigenvalue weighted by atomic mass is 32.1. The minimum absolute atomic E-state index is 0.0308. The molecule has 1 aliphatic rings. The van der Waals surface area contributed by atoms with E-state index in [0.717, 1.165) is 47.3 Å². The average molecular weight is 354 g/mol. The molecule has 0 bridgehead atoms. The van der Waals surface area contributed by atoms with Crippen LogP contribution in [-0.4, -0.2) is 38.2 Å². The molecule has 0 radical (unpaired) electrons. The van der Waals surface area contributed by atoms with Crippen molar-refractivity contribution in [2.75, 3.05) is 18.0 Å². The number of thiazole rings is 1. The molecule has 1 atom stereocenters. The predicted molar refractivity (Wildman–Crippen MR) is 83.0 cm³/mol. The van der Waals surface area contributed by atoms with Gasteiger partial charge in [-0.25, -0.2) is 15.0 Å². The summed E-state index contributed by atoms with van der Waals surface area (Å²) in [5.74, 6) is 0.725. The summed E-state index contributed by atoms with van der Waals surface area (Å²) in [6.07, 6.45) is 0.429. The van der Waals surface area contributed by atoms with Crippen molar-refractivity contribution >= 4 is 28.2 Å². The van der Waals surface area contributed by atoms with Gasteiger partial charge in [-0.1, -0.05) is 0 Å². The minimum atomic E-state index is -4.39. The van der Waals surface area contributed by atoms with Crippen LogP contribution in [0.3, 0.4) is 0 Å². The van der Waals surface area contributed by atoms with Gasteiger partial charge in [0.25, 0.3) is 0 Å². The van der Waals surface area contributed by atoms with Crippen molar-refractivity contribution in [3.63, 3.8) is 0 Å². The first-order valence-electron chi connectivity index (χ1n) is 7.44. The van der Waals surface area contributed by atoms with Crippen LogP contribution in [0.25, 0.3) is 11.0 Å². The van der Waals surface area contributed by atoms with Crippen molar-refractivity contribution in [2.24, 2.45) is 0 Å². The molecule has 6 nitrogen and oxygen atoms in total. The first-order valence-corrected chi connectivity index (χ1v) is 8.32. The Labute approximate surface area is 138 Å². The summed E-state index contributed by atoms with van der Waals surface area (Å²) >= 11 is 1.08. The Balaban J connectivity index is 1.60. The first kappa shape index (κ1) is 15.3. The molecule has 0 aliphatic carbocycles. The number of nitrogens with zero attached hydrogens (tertiary/aromatic N) is 5. The lowest BCUT2D eigenvalue weighted by molar-refractivity contribution is -0.140. The number of hydrogen-bond donors (Lipinski definition) is 1. The van der Waals surface area contributed by atoms with E-state index in [9.17, 15) is 13.2 Å². The second kappa shape index (κ2) is 5.69. The van der Waals surface area contributed by atoms with Gasteiger partial charge < -0.3 is 4.90 Å². The Morgan fingerprint density at radius 3 is 2.96 bits per heavy atom. The number of fused-ring (bicyclic) bond motifs is 1. The fourth-order valence-electron chi connectivity index (χ4n) is 2.98. The normalized spacial score (nSPS) is 19.1. The Hall–Kier alpha value is -2.23. The van der Waals surface area contributed by atoms with Crippen molar-refractivity contribution in [3.8, 4) is 0 Å². The van der Waals surface area contributed by atoms with Gasteiger partial charge >= 0.3 is 6.18 Å². The van der Waals surface area contributed by atoms with Crippen molar-refractivity contribution in [1.29, 1.82) is 0 Å². The van der Waals surface area contributed by atoms with Crippen LogP contribution in [-0.2, 0) is 6.18 Å². The monoisotopic (exact) mass is 354 g/mol. The molecule has 4 heterocycles. The van der Waals surface area contributed by atoms with E-state index in [1.165, 1.54) is 6.33 Å². The number of alkyl halides is 3. The van der Waals surface area contributed by atoms with Gasteiger partial charge in [-0.2, -0.15) is 18.3 Å². The quantitative estimate of drug-likeness (QED) is 0.765. The minimum Gasteiger partial charge on any atom is -0.355 e. The summed E-state index contributed by atoms with van der Waals surface area (Å²) in [4.78, 5) is 14.3. The summed E-state index contributed by atoms with van der Waals surface area (Å²) < 4.78 is 38.3. The molecular weight excluding hydrogens is 341 g/mol.